The maximum absolute atomic E-state index is 12.9. The van der Waals surface area contributed by atoms with Gasteiger partial charge in [0.15, 0.2) is 5.96 Å². The molecule has 12 nitrogen and oxygen atoms in total. The Balaban J connectivity index is 0.000000459. The number of nitrogens with one attached hydrogen (secondary N) is 4. The number of nitrogens with two attached hydrogens (primary N) is 1. The van der Waals surface area contributed by atoms with Crippen molar-refractivity contribution in [3.8, 4) is 0 Å². The predicted molar refractivity (Wildman–Crippen MR) is 159 cm³/mol. The van der Waals surface area contributed by atoms with E-state index in [1.54, 1.807) is 6.07 Å². The van der Waals surface area contributed by atoms with Gasteiger partial charge in [-0.3, -0.25) is 10.2 Å². The molecule has 256 valence electrons. The zero-order valence-corrected chi connectivity index (χ0v) is 25.2. The summed E-state index contributed by atoms with van der Waals surface area (Å²) in [6.07, 6.45) is -6.20. The van der Waals surface area contributed by atoms with E-state index in [0.717, 1.165) is 42.2 Å². The van der Waals surface area contributed by atoms with Crippen molar-refractivity contribution in [2.75, 3.05) is 5.32 Å². The summed E-state index contributed by atoms with van der Waals surface area (Å²) in [7, 11) is 0. The molecule has 1 aromatic heterocycles. The summed E-state index contributed by atoms with van der Waals surface area (Å²) >= 11 is 6.04. The molecule has 2 atom stereocenters. The smallest absolute Gasteiger partial charge is 0.475 e. The lowest BCUT2D eigenvalue weighted by Gasteiger charge is -2.33. The Hall–Kier alpha value is -4.87. The number of alkyl halides is 6. The number of nitrogens with zero attached hydrogens (tertiary/aromatic N) is 2. The number of amides is 1. The van der Waals surface area contributed by atoms with Crippen LogP contribution in [0.15, 0.2) is 42.5 Å². The van der Waals surface area contributed by atoms with Gasteiger partial charge in [-0.1, -0.05) is 48.2 Å². The van der Waals surface area contributed by atoms with Crippen LogP contribution in [0, 0.1) is 12.3 Å². The molecule has 2 unspecified atom stereocenters. The lowest BCUT2D eigenvalue weighted by atomic mass is 9.90. The van der Waals surface area contributed by atoms with Gasteiger partial charge >= 0.3 is 24.3 Å². The third-order valence-corrected chi connectivity index (χ3v) is 6.55. The number of carboxylic acids is 2. The van der Waals surface area contributed by atoms with E-state index in [0.29, 0.717) is 22.9 Å². The Bertz CT molecular complexity index is 1570. The van der Waals surface area contributed by atoms with Gasteiger partial charge in [0.1, 0.15) is 5.82 Å². The van der Waals surface area contributed by atoms with E-state index < -0.39 is 24.3 Å². The minimum atomic E-state index is -5.08. The number of rotatable bonds is 6. The molecule has 0 bridgehead atoms. The number of carboxylic acid groups (broad SMARTS) is 2. The molecule has 1 aliphatic carbocycles. The molecule has 2 aromatic carbocycles. The lowest BCUT2D eigenvalue weighted by Crippen LogP contribution is -2.50. The topological polar surface area (TPSA) is 203 Å². The molecule has 1 aliphatic rings. The Labute approximate surface area is 268 Å². The Morgan fingerprint density at radius 3 is 2.06 bits per heavy atom. The Morgan fingerprint density at radius 2 is 1.53 bits per heavy atom. The summed E-state index contributed by atoms with van der Waals surface area (Å²) in [5, 5.41) is 32.8. The van der Waals surface area contributed by atoms with Crippen LogP contribution in [0.2, 0.25) is 5.02 Å². The van der Waals surface area contributed by atoms with Crippen molar-refractivity contribution in [2.45, 2.75) is 63.6 Å². The second-order valence-corrected chi connectivity index (χ2v) is 10.5. The average molecular weight is 694 g/mol. The molecule has 1 heterocycles. The summed E-state index contributed by atoms with van der Waals surface area (Å²) in [6, 6.07) is 13.3. The van der Waals surface area contributed by atoms with Gasteiger partial charge in [0.2, 0.25) is 5.82 Å². The number of hydrogen-bond acceptors (Lipinski definition) is 7. The normalized spacial score (nSPS) is 16.0. The molecule has 3 aromatic rings. The molecule has 19 heteroatoms. The number of fused-ring (bicyclic) bond motifs is 1. The highest BCUT2D eigenvalue weighted by molar-refractivity contribution is 6.30. The van der Waals surface area contributed by atoms with Crippen LogP contribution in [0.5, 0.6) is 0 Å². The van der Waals surface area contributed by atoms with E-state index in [2.05, 4.69) is 25.9 Å². The molecular weight excluding hydrogens is 664 g/mol. The number of hydrogen-bond donors (Lipinski definition) is 7. The van der Waals surface area contributed by atoms with Crippen LogP contribution in [0.4, 0.5) is 32.2 Å². The van der Waals surface area contributed by atoms with Crippen LogP contribution in [0.25, 0.3) is 10.9 Å². The van der Waals surface area contributed by atoms with E-state index in [9.17, 15) is 31.1 Å². The number of benzene rings is 2. The van der Waals surface area contributed by atoms with Gasteiger partial charge in [-0.05, 0) is 49.6 Å². The molecule has 0 spiro atoms. The van der Waals surface area contributed by atoms with Crippen molar-refractivity contribution >= 4 is 52.1 Å². The number of anilines is 1. The largest absolute Gasteiger partial charge is 0.490 e. The first-order valence-corrected chi connectivity index (χ1v) is 13.9. The summed E-state index contributed by atoms with van der Waals surface area (Å²) < 4.78 is 63.5. The Morgan fingerprint density at radius 1 is 0.957 bits per heavy atom. The standard InChI is InChI=1S/C24H28ClN7O.2C2HF3O2/c1-14-9-10-18-17(11-14)21(30-19-7-2-3-8-20(19)31-24(26)27)32-22(29-18)23(33)28-13-15-5-4-6-16(25)12-15;2*3-2(4,5)1(6)7/h4-6,9-12,19-20H,2-3,7-8,13H2,1H3,(H,28,33)(H4,26,27,31)(H,29,30,32);2*(H,6,7). The zero-order valence-electron chi connectivity index (χ0n) is 24.5. The number of guanidine groups is 1. The molecular formula is C28H30ClF6N7O5. The monoisotopic (exact) mass is 693 g/mol. The third-order valence-electron chi connectivity index (χ3n) is 6.31. The number of aryl methyl sites for hydroxylation is 1. The van der Waals surface area contributed by atoms with Crippen molar-refractivity contribution in [1.29, 1.82) is 5.41 Å². The molecule has 8 N–H and O–H groups in total. The van der Waals surface area contributed by atoms with E-state index in [-0.39, 0.29) is 29.8 Å². The van der Waals surface area contributed by atoms with Crippen LogP contribution < -0.4 is 21.7 Å². The summed E-state index contributed by atoms with van der Waals surface area (Å²) in [6.45, 7) is 2.33. The van der Waals surface area contributed by atoms with Gasteiger partial charge in [-0.25, -0.2) is 19.6 Å². The molecule has 47 heavy (non-hydrogen) atoms. The van der Waals surface area contributed by atoms with Crippen molar-refractivity contribution in [2.24, 2.45) is 5.73 Å². The van der Waals surface area contributed by atoms with Crippen molar-refractivity contribution in [3.63, 3.8) is 0 Å². The van der Waals surface area contributed by atoms with Crippen LogP contribution >= 0.6 is 11.6 Å². The van der Waals surface area contributed by atoms with E-state index in [4.69, 9.17) is 42.5 Å². The molecule has 0 aliphatic heterocycles. The number of halogens is 7. The van der Waals surface area contributed by atoms with Crippen LogP contribution in [-0.4, -0.2) is 68.4 Å². The second-order valence-electron chi connectivity index (χ2n) is 10.0. The summed E-state index contributed by atoms with van der Waals surface area (Å²) in [5.74, 6) is -5.21. The second kappa shape index (κ2) is 16.6. The zero-order chi connectivity index (χ0) is 35.5. The first-order valence-electron chi connectivity index (χ1n) is 13.6. The maximum Gasteiger partial charge on any atom is 0.490 e. The number of aromatic nitrogens is 2. The molecule has 1 amide bonds. The third kappa shape index (κ3) is 12.8. The van der Waals surface area contributed by atoms with Crippen molar-refractivity contribution in [3.05, 3.63) is 64.4 Å². The first kappa shape index (κ1) is 38.3. The molecule has 1 fully saturated rings. The minimum absolute atomic E-state index is 0.0196. The van der Waals surface area contributed by atoms with E-state index in [1.807, 2.05) is 43.3 Å². The van der Waals surface area contributed by atoms with Gasteiger partial charge in [-0.15, -0.1) is 0 Å². The quantitative estimate of drug-likeness (QED) is 0.105. The van der Waals surface area contributed by atoms with Gasteiger partial charge in [0.05, 0.1) is 5.52 Å². The fourth-order valence-corrected chi connectivity index (χ4v) is 4.43. The number of carbonyl (C=O) groups excluding carboxylic acids is 1. The number of carbonyl (C=O) groups is 3. The summed E-state index contributed by atoms with van der Waals surface area (Å²) in [5.41, 5.74) is 8.27. The first-order chi connectivity index (χ1) is 21.8. The van der Waals surface area contributed by atoms with Gasteiger partial charge in [0.25, 0.3) is 5.91 Å². The van der Waals surface area contributed by atoms with Crippen molar-refractivity contribution in [1.82, 2.24) is 20.6 Å². The lowest BCUT2D eigenvalue weighted by molar-refractivity contribution is -0.193. The van der Waals surface area contributed by atoms with Crippen molar-refractivity contribution < 1.29 is 50.9 Å². The van der Waals surface area contributed by atoms with Crippen LogP contribution in [0.1, 0.15) is 47.4 Å². The van der Waals surface area contributed by atoms with Gasteiger partial charge in [0, 0.05) is 29.0 Å². The van der Waals surface area contributed by atoms with Crippen LogP contribution in [-0.2, 0) is 16.1 Å². The average Bonchev–Trinajstić information content (AvgIpc) is 2.96. The summed E-state index contributed by atoms with van der Waals surface area (Å²) in [4.78, 5) is 39.8. The number of aliphatic carboxylic acids is 2. The molecule has 1 saturated carbocycles. The minimum Gasteiger partial charge on any atom is -0.475 e. The highest BCUT2D eigenvalue weighted by Crippen LogP contribution is 2.27. The van der Waals surface area contributed by atoms with Gasteiger partial charge in [-0.2, -0.15) is 26.3 Å². The fraction of sp³-hybridized carbons (Fsp3) is 0.357. The molecule has 0 saturated heterocycles. The van der Waals surface area contributed by atoms with Crippen LogP contribution in [0.3, 0.4) is 0 Å². The Kier molecular flexibility index (Phi) is 13.5. The predicted octanol–water partition coefficient (Wildman–Crippen LogP) is 4.99. The highest BCUT2D eigenvalue weighted by Gasteiger charge is 2.39. The highest BCUT2D eigenvalue weighted by atomic mass is 35.5. The SMILES string of the molecule is Cc1ccc2nc(C(=O)NCc3cccc(Cl)c3)nc(NC3CCCCC3NC(=N)N)c2c1.O=C(O)C(F)(F)F.O=C(O)C(F)(F)F. The molecule has 4 rings (SSSR count). The maximum atomic E-state index is 12.9. The fourth-order valence-electron chi connectivity index (χ4n) is 4.21. The van der Waals surface area contributed by atoms with E-state index in [1.165, 1.54) is 0 Å². The van der Waals surface area contributed by atoms with E-state index >= 15 is 0 Å². The van der Waals surface area contributed by atoms with Gasteiger partial charge < -0.3 is 31.9 Å². The molecule has 0 radical (unpaired) electrons.